The Hall–Kier alpha value is -0.570. The molecule has 0 atom stereocenters. The summed E-state index contributed by atoms with van der Waals surface area (Å²) in [4.78, 5) is 12.0. The molecule has 198 valence electrons. The lowest BCUT2D eigenvalue weighted by atomic mass is 10.1. The van der Waals surface area contributed by atoms with E-state index in [-0.39, 0.29) is 5.91 Å². The number of hydrogen-bond acceptors (Lipinski definition) is 1. The predicted molar refractivity (Wildman–Crippen MR) is 148 cm³/mol. The highest BCUT2D eigenvalue weighted by Gasteiger charge is 2.14. The fourth-order valence-electron chi connectivity index (χ4n) is 4.74. The molecule has 1 amide bonds. The summed E-state index contributed by atoms with van der Waals surface area (Å²) >= 11 is 0. The van der Waals surface area contributed by atoms with Gasteiger partial charge < -0.3 is 9.80 Å². The average molecular weight is 468 g/mol. The zero-order chi connectivity index (χ0) is 24.5. The van der Waals surface area contributed by atoms with Crippen molar-refractivity contribution in [2.45, 2.75) is 155 Å². The number of quaternary nitrogens is 1. The van der Waals surface area contributed by atoms with Crippen LogP contribution in [-0.2, 0) is 4.79 Å². The predicted octanol–water partition coefficient (Wildman–Crippen LogP) is 8.80. The summed E-state index contributed by atoms with van der Waals surface area (Å²) in [7, 11) is 4.70. The zero-order valence-electron chi connectivity index (χ0n) is 23.5. The van der Waals surface area contributed by atoms with E-state index in [1.165, 1.54) is 129 Å². The summed E-state index contributed by atoms with van der Waals surface area (Å²) < 4.78 is 1.09. The van der Waals surface area contributed by atoms with E-state index in [4.69, 9.17) is 0 Å². The Labute approximate surface area is 209 Å². The molecule has 3 heteroatoms. The average Bonchev–Trinajstić information content (AvgIpc) is 2.79. The van der Waals surface area contributed by atoms with Crippen LogP contribution in [0.1, 0.15) is 155 Å². The first-order chi connectivity index (χ1) is 16.0. The molecule has 1 N–H and O–H groups in total. The van der Waals surface area contributed by atoms with Gasteiger partial charge in [-0.2, -0.15) is 0 Å². The first-order valence-corrected chi connectivity index (χ1v) is 15.1. The van der Waals surface area contributed by atoms with Crippen LogP contribution in [0.15, 0.2) is 0 Å². The van der Waals surface area contributed by atoms with E-state index < -0.39 is 0 Å². The van der Waals surface area contributed by atoms with E-state index in [0.717, 1.165) is 30.4 Å². The van der Waals surface area contributed by atoms with Crippen LogP contribution in [0.4, 0.5) is 0 Å². The van der Waals surface area contributed by atoms with Gasteiger partial charge in [0.2, 0.25) is 5.91 Å². The Morgan fingerprint density at radius 3 is 1.33 bits per heavy atom. The molecule has 0 aromatic carbocycles. The van der Waals surface area contributed by atoms with Crippen LogP contribution >= 0.6 is 0 Å². The van der Waals surface area contributed by atoms with Crippen LogP contribution in [0.5, 0.6) is 0 Å². The Kier molecular flexibility index (Phi) is 24.1. The van der Waals surface area contributed by atoms with E-state index in [1.807, 2.05) is 0 Å². The summed E-state index contributed by atoms with van der Waals surface area (Å²) in [5.41, 5.74) is 0. The minimum atomic E-state index is 0.257. The van der Waals surface area contributed by atoms with Crippen molar-refractivity contribution in [3.63, 3.8) is 0 Å². The Morgan fingerprint density at radius 1 is 0.515 bits per heavy atom. The van der Waals surface area contributed by atoms with Gasteiger partial charge >= 0.3 is 0 Å². The summed E-state index contributed by atoms with van der Waals surface area (Å²) in [6.45, 7) is 7.83. The molecular weight excluding hydrogens is 404 g/mol. The minimum absolute atomic E-state index is 0.257. The number of rotatable bonds is 26. The van der Waals surface area contributed by atoms with Crippen LogP contribution in [0.2, 0.25) is 0 Å². The standard InChI is InChI=1S/C30H62N2O/c1-5-7-9-11-13-15-16-17-18-20-22-24-28-32(3,4)29-25-27-31-30(33)26-23-21-19-14-12-10-8-6-2/h5-29H2,1-4H3/p+1. The second-order valence-electron chi connectivity index (χ2n) is 11.2. The number of carbonyl (C=O) groups excluding carboxylic acids is 1. The topological polar surface area (TPSA) is 29.1 Å². The van der Waals surface area contributed by atoms with Crippen molar-refractivity contribution in [2.75, 3.05) is 33.7 Å². The highest BCUT2D eigenvalue weighted by Crippen LogP contribution is 2.13. The first-order valence-electron chi connectivity index (χ1n) is 15.1. The van der Waals surface area contributed by atoms with Gasteiger partial charge in [-0.15, -0.1) is 0 Å². The second kappa shape index (κ2) is 24.6. The number of hydrogen-bond donors (Lipinski definition) is 1. The summed E-state index contributed by atoms with van der Waals surface area (Å²) in [5.74, 6) is 0.257. The molecule has 0 aromatic rings. The van der Waals surface area contributed by atoms with Gasteiger partial charge in [0.1, 0.15) is 0 Å². The van der Waals surface area contributed by atoms with E-state index >= 15 is 0 Å². The molecule has 0 bridgehead atoms. The number of nitrogens with zero attached hydrogens (tertiary/aromatic N) is 1. The van der Waals surface area contributed by atoms with Crippen LogP contribution < -0.4 is 5.32 Å². The molecule has 0 fully saturated rings. The lowest BCUT2D eigenvalue weighted by Crippen LogP contribution is -2.42. The van der Waals surface area contributed by atoms with E-state index in [2.05, 4.69) is 33.3 Å². The van der Waals surface area contributed by atoms with Gasteiger partial charge in [-0.3, -0.25) is 4.79 Å². The summed E-state index contributed by atoms with van der Waals surface area (Å²) in [5, 5.41) is 3.14. The number of nitrogens with one attached hydrogen (secondary N) is 1. The monoisotopic (exact) mass is 467 g/mol. The number of amides is 1. The van der Waals surface area contributed by atoms with Gasteiger partial charge in [-0.05, 0) is 19.3 Å². The maximum atomic E-state index is 12.0. The quantitative estimate of drug-likeness (QED) is 0.0999. The molecule has 0 unspecified atom stereocenters. The first kappa shape index (κ1) is 32.4. The highest BCUT2D eigenvalue weighted by atomic mass is 16.1. The molecule has 0 spiro atoms. The molecule has 0 aliphatic rings. The van der Waals surface area contributed by atoms with Crippen molar-refractivity contribution >= 4 is 5.91 Å². The Balaban J connectivity index is 3.43. The van der Waals surface area contributed by atoms with Gasteiger partial charge in [0.15, 0.2) is 0 Å². The van der Waals surface area contributed by atoms with E-state index in [1.54, 1.807) is 0 Å². The molecule has 0 rings (SSSR count). The maximum absolute atomic E-state index is 12.0. The van der Waals surface area contributed by atoms with E-state index in [0.29, 0.717) is 6.42 Å². The Bertz CT molecular complexity index is 408. The smallest absolute Gasteiger partial charge is 0.219 e. The third-order valence-electron chi connectivity index (χ3n) is 7.14. The fraction of sp³-hybridized carbons (Fsp3) is 0.967. The second-order valence-corrected chi connectivity index (χ2v) is 11.2. The van der Waals surface area contributed by atoms with Crippen LogP contribution in [-0.4, -0.2) is 44.1 Å². The molecule has 0 saturated carbocycles. The maximum Gasteiger partial charge on any atom is 0.219 e. The zero-order valence-corrected chi connectivity index (χ0v) is 23.5. The van der Waals surface area contributed by atoms with Gasteiger partial charge in [-0.25, -0.2) is 0 Å². The molecule has 0 aliphatic carbocycles. The summed E-state index contributed by atoms with van der Waals surface area (Å²) in [6.07, 6.45) is 29.1. The lowest BCUT2D eigenvalue weighted by Gasteiger charge is -2.30. The minimum Gasteiger partial charge on any atom is -0.356 e. The van der Waals surface area contributed by atoms with Crippen LogP contribution in [0.3, 0.4) is 0 Å². The normalized spacial score (nSPS) is 11.8. The molecule has 0 aliphatic heterocycles. The van der Waals surface area contributed by atoms with Crippen LogP contribution in [0.25, 0.3) is 0 Å². The fourth-order valence-corrected chi connectivity index (χ4v) is 4.74. The van der Waals surface area contributed by atoms with Crippen molar-refractivity contribution in [1.82, 2.24) is 5.32 Å². The van der Waals surface area contributed by atoms with Crippen molar-refractivity contribution in [3.05, 3.63) is 0 Å². The molecule has 0 aromatic heterocycles. The Morgan fingerprint density at radius 2 is 0.879 bits per heavy atom. The SMILES string of the molecule is CCCCCCCCCCCCCC[N+](C)(C)CCCNC(=O)CCCCCCCCCC. The molecule has 3 nitrogen and oxygen atoms in total. The largest absolute Gasteiger partial charge is 0.356 e. The van der Waals surface area contributed by atoms with Crippen molar-refractivity contribution in [2.24, 2.45) is 0 Å². The molecule has 0 radical (unpaired) electrons. The van der Waals surface area contributed by atoms with Crippen molar-refractivity contribution in [3.8, 4) is 0 Å². The highest BCUT2D eigenvalue weighted by molar-refractivity contribution is 5.75. The van der Waals surface area contributed by atoms with Crippen molar-refractivity contribution < 1.29 is 9.28 Å². The molecule has 33 heavy (non-hydrogen) atoms. The van der Waals surface area contributed by atoms with Gasteiger partial charge in [0, 0.05) is 19.4 Å². The third-order valence-corrected chi connectivity index (χ3v) is 7.14. The molecule has 0 saturated heterocycles. The van der Waals surface area contributed by atoms with Gasteiger partial charge in [-0.1, -0.05) is 123 Å². The lowest BCUT2D eigenvalue weighted by molar-refractivity contribution is -0.890. The number of unbranched alkanes of at least 4 members (excludes halogenated alkanes) is 18. The van der Waals surface area contributed by atoms with Gasteiger partial charge in [0.05, 0.1) is 27.2 Å². The third kappa shape index (κ3) is 25.9. The van der Waals surface area contributed by atoms with Crippen molar-refractivity contribution in [1.29, 1.82) is 0 Å². The summed E-state index contributed by atoms with van der Waals surface area (Å²) in [6, 6.07) is 0. The number of carbonyl (C=O) groups is 1. The van der Waals surface area contributed by atoms with Crippen LogP contribution in [0, 0.1) is 0 Å². The van der Waals surface area contributed by atoms with Gasteiger partial charge in [0.25, 0.3) is 0 Å². The van der Waals surface area contributed by atoms with E-state index in [9.17, 15) is 4.79 Å². The molecular formula is C30H63N2O+. The molecule has 0 heterocycles.